The topological polar surface area (TPSA) is 46.9 Å². The molecular formula is C21H23N3O. The molecule has 4 heteroatoms. The van der Waals surface area contributed by atoms with Crippen molar-refractivity contribution >= 4 is 5.91 Å². The minimum Gasteiger partial charge on any atom is -0.351 e. The zero-order valence-electron chi connectivity index (χ0n) is 14.6. The van der Waals surface area contributed by atoms with Crippen LogP contribution in [-0.4, -0.2) is 22.2 Å². The molecule has 128 valence electrons. The summed E-state index contributed by atoms with van der Waals surface area (Å²) in [7, 11) is 0. The van der Waals surface area contributed by atoms with Gasteiger partial charge in [0.1, 0.15) is 0 Å². The summed E-state index contributed by atoms with van der Waals surface area (Å²) in [6.45, 7) is 5.56. The SMILES string of the molecule is CC(C)(CNC(=O)c1ccc(Cn2cccn2)cc1)c1ccccc1. The predicted molar refractivity (Wildman–Crippen MR) is 99.6 cm³/mol. The van der Waals surface area contributed by atoms with Crippen molar-refractivity contribution in [2.24, 2.45) is 0 Å². The summed E-state index contributed by atoms with van der Waals surface area (Å²) in [5.74, 6) is -0.0466. The van der Waals surface area contributed by atoms with Gasteiger partial charge in [0, 0.05) is 29.9 Å². The molecule has 1 aromatic heterocycles. The molecular weight excluding hydrogens is 310 g/mol. The van der Waals surface area contributed by atoms with Gasteiger partial charge < -0.3 is 5.32 Å². The average molecular weight is 333 g/mol. The van der Waals surface area contributed by atoms with E-state index in [1.54, 1.807) is 6.20 Å². The number of nitrogens with zero attached hydrogens (tertiary/aromatic N) is 2. The molecule has 1 N–H and O–H groups in total. The number of amides is 1. The second kappa shape index (κ2) is 7.34. The molecule has 1 amide bonds. The molecule has 4 nitrogen and oxygen atoms in total. The summed E-state index contributed by atoms with van der Waals surface area (Å²) in [6, 6.07) is 19.8. The predicted octanol–water partition coefficient (Wildman–Crippen LogP) is 3.64. The van der Waals surface area contributed by atoms with Crippen molar-refractivity contribution in [2.45, 2.75) is 25.8 Å². The second-order valence-corrected chi connectivity index (χ2v) is 6.83. The van der Waals surface area contributed by atoms with E-state index in [1.165, 1.54) is 5.56 Å². The molecule has 0 spiro atoms. The maximum atomic E-state index is 12.4. The molecule has 0 saturated carbocycles. The van der Waals surface area contributed by atoms with Crippen molar-refractivity contribution < 1.29 is 4.79 Å². The third-order valence-corrected chi connectivity index (χ3v) is 4.37. The fourth-order valence-corrected chi connectivity index (χ4v) is 2.74. The van der Waals surface area contributed by atoms with Crippen LogP contribution in [0.4, 0.5) is 0 Å². The van der Waals surface area contributed by atoms with E-state index in [4.69, 9.17) is 0 Å². The van der Waals surface area contributed by atoms with Gasteiger partial charge in [0.25, 0.3) is 5.91 Å². The monoisotopic (exact) mass is 333 g/mol. The maximum absolute atomic E-state index is 12.4. The van der Waals surface area contributed by atoms with E-state index in [9.17, 15) is 4.79 Å². The fraction of sp³-hybridized carbons (Fsp3) is 0.238. The van der Waals surface area contributed by atoms with Gasteiger partial charge in [-0.05, 0) is 29.3 Å². The van der Waals surface area contributed by atoms with Crippen molar-refractivity contribution in [3.63, 3.8) is 0 Å². The number of hydrogen-bond donors (Lipinski definition) is 1. The number of nitrogens with one attached hydrogen (secondary N) is 1. The highest BCUT2D eigenvalue weighted by Crippen LogP contribution is 2.21. The minimum absolute atomic E-state index is 0.0466. The molecule has 3 rings (SSSR count). The highest BCUT2D eigenvalue weighted by atomic mass is 16.1. The van der Waals surface area contributed by atoms with E-state index in [-0.39, 0.29) is 11.3 Å². The van der Waals surface area contributed by atoms with Crippen LogP contribution in [0.3, 0.4) is 0 Å². The standard InChI is InChI=1S/C21H23N3O/c1-21(2,19-7-4-3-5-8-19)16-22-20(25)18-11-9-17(10-12-18)15-24-14-6-13-23-24/h3-14H,15-16H2,1-2H3,(H,22,25). The molecule has 0 aliphatic rings. The Bertz CT molecular complexity index is 806. The van der Waals surface area contributed by atoms with Gasteiger partial charge in [-0.2, -0.15) is 5.10 Å². The van der Waals surface area contributed by atoms with Crippen molar-refractivity contribution in [2.75, 3.05) is 6.54 Å². The maximum Gasteiger partial charge on any atom is 0.251 e. The van der Waals surface area contributed by atoms with E-state index >= 15 is 0 Å². The molecule has 2 aromatic carbocycles. The van der Waals surface area contributed by atoms with Gasteiger partial charge in [0.2, 0.25) is 0 Å². The highest BCUT2D eigenvalue weighted by Gasteiger charge is 2.21. The van der Waals surface area contributed by atoms with Crippen molar-refractivity contribution in [3.05, 3.63) is 89.7 Å². The van der Waals surface area contributed by atoms with Crippen LogP contribution >= 0.6 is 0 Å². The van der Waals surface area contributed by atoms with E-state index < -0.39 is 0 Å². The largest absolute Gasteiger partial charge is 0.351 e. The summed E-state index contributed by atoms with van der Waals surface area (Å²) in [6.07, 6.45) is 3.68. The molecule has 1 heterocycles. The van der Waals surface area contributed by atoms with E-state index in [1.807, 2.05) is 59.4 Å². The Balaban J connectivity index is 1.59. The van der Waals surface area contributed by atoms with Gasteiger partial charge >= 0.3 is 0 Å². The van der Waals surface area contributed by atoms with Crippen LogP contribution in [0, 0.1) is 0 Å². The summed E-state index contributed by atoms with van der Waals surface area (Å²) in [5.41, 5.74) is 2.89. The third-order valence-electron chi connectivity index (χ3n) is 4.37. The summed E-state index contributed by atoms with van der Waals surface area (Å²) >= 11 is 0. The molecule has 0 fully saturated rings. The number of hydrogen-bond acceptors (Lipinski definition) is 2. The molecule has 0 radical (unpaired) electrons. The van der Waals surface area contributed by atoms with Crippen molar-refractivity contribution in [3.8, 4) is 0 Å². The number of carbonyl (C=O) groups is 1. The lowest BCUT2D eigenvalue weighted by atomic mass is 9.84. The molecule has 0 aliphatic carbocycles. The third kappa shape index (κ3) is 4.35. The minimum atomic E-state index is -0.114. The Morgan fingerprint density at radius 3 is 2.40 bits per heavy atom. The quantitative estimate of drug-likeness (QED) is 0.748. The summed E-state index contributed by atoms with van der Waals surface area (Å²) in [4.78, 5) is 12.4. The Morgan fingerprint density at radius 2 is 1.76 bits per heavy atom. The van der Waals surface area contributed by atoms with E-state index in [0.717, 1.165) is 5.56 Å². The number of rotatable bonds is 6. The lowest BCUT2D eigenvalue weighted by molar-refractivity contribution is 0.0945. The zero-order chi connectivity index (χ0) is 17.7. The number of aromatic nitrogens is 2. The molecule has 3 aromatic rings. The lowest BCUT2D eigenvalue weighted by Crippen LogP contribution is -2.36. The van der Waals surface area contributed by atoms with Crippen LogP contribution in [-0.2, 0) is 12.0 Å². The fourth-order valence-electron chi connectivity index (χ4n) is 2.74. The van der Waals surface area contributed by atoms with E-state index in [0.29, 0.717) is 18.7 Å². The zero-order valence-corrected chi connectivity index (χ0v) is 14.6. The normalized spacial score (nSPS) is 11.3. The van der Waals surface area contributed by atoms with Gasteiger partial charge in [-0.15, -0.1) is 0 Å². The van der Waals surface area contributed by atoms with Crippen LogP contribution in [0.1, 0.15) is 35.3 Å². The Labute approximate surface area is 148 Å². The van der Waals surface area contributed by atoms with Gasteiger partial charge in [0.05, 0.1) is 6.54 Å². The first-order valence-corrected chi connectivity index (χ1v) is 8.45. The molecule has 25 heavy (non-hydrogen) atoms. The molecule has 0 aliphatic heterocycles. The van der Waals surface area contributed by atoms with Crippen LogP contribution in [0.5, 0.6) is 0 Å². The number of carbonyl (C=O) groups excluding carboxylic acids is 1. The first kappa shape index (κ1) is 17.0. The smallest absolute Gasteiger partial charge is 0.251 e. The van der Waals surface area contributed by atoms with Crippen LogP contribution in [0.2, 0.25) is 0 Å². The van der Waals surface area contributed by atoms with E-state index in [2.05, 4.69) is 36.4 Å². The van der Waals surface area contributed by atoms with Gasteiger partial charge in [-0.25, -0.2) is 0 Å². The Morgan fingerprint density at radius 1 is 1.04 bits per heavy atom. The molecule has 0 unspecified atom stereocenters. The van der Waals surface area contributed by atoms with Gasteiger partial charge in [-0.3, -0.25) is 9.48 Å². The summed E-state index contributed by atoms with van der Waals surface area (Å²) in [5, 5.41) is 7.24. The Kier molecular flexibility index (Phi) is 4.98. The second-order valence-electron chi connectivity index (χ2n) is 6.83. The lowest BCUT2D eigenvalue weighted by Gasteiger charge is -2.25. The molecule has 0 atom stereocenters. The van der Waals surface area contributed by atoms with Gasteiger partial charge in [-0.1, -0.05) is 56.3 Å². The first-order valence-electron chi connectivity index (χ1n) is 8.45. The average Bonchev–Trinajstić information content (AvgIpc) is 3.14. The van der Waals surface area contributed by atoms with Gasteiger partial charge in [0.15, 0.2) is 0 Å². The Hall–Kier alpha value is -2.88. The van der Waals surface area contributed by atoms with Crippen LogP contribution in [0.15, 0.2) is 73.1 Å². The van der Waals surface area contributed by atoms with Crippen LogP contribution in [0.25, 0.3) is 0 Å². The number of benzene rings is 2. The van der Waals surface area contributed by atoms with Crippen molar-refractivity contribution in [1.82, 2.24) is 15.1 Å². The van der Waals surface area contributed by atoms with Crippen LogP contribution < -0.4 is 5.32 Å². The highest BCUT2D eigenvalue weighted by molar-refractivity contribution is 5.94. The molecule has 0 saturated heterocycles. The molecule has 0 bridgehead atoms. The summed E-state index contributed by atoms with van der Waals surface area (Å²) < 4.78 is 1.86. The first-order chi connectivity index (χ1) is 12.0. The van der Waals surface area contributed by atoms with Crippen molar-refractivity contribution in [1.29, 1.82) is 0 Å².